The molecule has 5 heteroatoms. The molecule has 23 heavy (non-hydrogen) atoms. The summed E-state index contributed by atoms with van der Waals surface area (Å²) in [5, 5.41) is 10.6. The summed E-state index contributed by atoms with van der Waals surface area (Å²) in [6, 6.07) is 4.70. The van der Waals surface area contributed by atoms with Gasteiger partial charge >= 0.3 is 0 Å². The minimum atomic E-state index is -0.539. The molecule has 2 aliphatic heterocycles. The van der Waals surface area contributed by atoms with E-state index in [-0.39, 0.29) is 23.9 Å². The Bertz CT molecular complexity index is 691. The second kappa shape index (κ2) is 4.88. The lowest BCUT2D eigenvalue weighted by Gasteiger charge is -2.56. The quantitative estimate of drug-likeness (QED) is 0.796. The Morgan fingerprint density at radius 3 is 2.96 bits per heavy atom. The Morgan fingerprint density at radius 1 is 1.35 bits per heavy atom. The van der Waals surface area contributed by atoms with E-state index in [1.807, 2.05) is 12.1 Å². The topological polar surface area (TPSA) is 41.9 Å². The smallest absolute Gasteiger partial charge is 0.165 e. The number of aliphatic hydroxyl groups is 1. The number of likely N-dealkylation sites (N-methyl/N-ethyl adjacent to an activating group) is 1. The van der Waals surface area contributed by atoms with Gasteiger partial charge in [0.1, 0.15) is 12.2 Å². The van der Waals surface area contributed by atoms with Gasteiger partial charge in [-0.25, -0.2) is 0 Å². The number of aliphatic hydroxyl groups excluding tert-OH is 1. The summed E-state index contributed by atoms with van der Waals surface area (Å²) in [5.41, 5.74) is 2.60. The second-order valence-electron chi connectivity index (χ2n) is 7.11. The van der Waals surface area contributed by atoms with Gasteiger partial charge in [-0.1, -0.05) is 18.2 Å². The maximum absolute atomic E-state index is 10.6. The zero-order chi connectivity index (χ0) is 15.1. The molecule has 0 amide bonds. The van der Waals surface area contributed by atoms with Crippen LogP contribution in [0.15, 0.2) is 24.3 Å². The van der Waals surface area contributed by atoms with Crippen molar-refractivity contribution in [1.82, 2.24) is 4.90 Å². The van der Waals surface area contributed by atoms with Crippen LogP contribution in [-0.2, 0) is 11.8 Å². The van der Waals surface area contributed by atoms with Crippen molar-refractivity contribution in [3.63, 3.8) is 0 Å². The average Bonchev–Trinajstić information content (AvgIpc) is 2.88. The van der Waals surface area contributed by atoms with Crippen molar-refractivity contribution in [1.29, 1.82) is 0 Å². The first-order chi connectivity index (χ1) is 10.7. The number of methoxy groups -OCH3 is 1. The van der Waals surface area contributed by atoms with Crippen LogP contribution in [-0.4, -0.2) is 49.0 Å². The van der Waals surface area contributed by atoms with Crippen molar-refractivity contribution in [2.24, 2.45) is 5.92 Å². The molecule has 1 aromatic carbocycles. The molecule has 5 atom stereocenters. The lowest BCUT2D eigenvalue weighted by Crippen LogP contribution is -2.64. The molecule has 0 saturated carbocycles. The third kappa shape index (κ3) is 1.64. The zero-order valence-electron chi connectivity index (χ0n) is 13.4. The van der Waals surface area contributed by atoms with Crippen LogP contribution < -0.4 is 9.47 Å². The van der Waals surface area contributed by atoms with E-state index in [1.54, 1.807) is 7.11 Å². The molecule has 1 N–H and O–H groups in total. The van der Waals surface area contributed by atoms with E-state index in [9.17, 15) is 5.11 Å². The largest absolute Gasteiger partial charge is 0.493 e. The van der Waals surface area contributed by atoms with Crippen molar-refractivity contribution >= 4 is 12.4 Å². The number of likely N-dealkylation sites (tertiary alicyclic amines) is 1. The predicted molar refractivity (Wildman–Crippen MR) is 89.7 cm³/mol. The molecule has 1 fully saturated rings. The van der Waals surface area contributed by atoms with Gasteiger partial charge in [0.2, 0.25) is 0 Å². The Kier molecular flexibility index (Phi) is 3.25. The maximum Gasteiger partial charge on any atom is 0.165 e. The summed E-state index contributed by atoms with van der Waals surface area (Å²) in [6.07, 6.45) is 5.54. The van der Waals surface area contributed by atoms with Crippen molar-refractivity contribution in [2.75, 3.05) is 20.7 Å². The SMILES string of the molecule is COc1ccc2c3c1OC1C(O)C=CC4C(C2)N(C)CCC341.Cl. The highest BCUT2D eigenvalue weighted by atomic mass is 35.5. The minimum absolute atomic E-state index is 0. The van der Waals surface area contributed by atoms with Gasteiger partial charge in [0.05, 0.1) is 7.11 Å². The van der Waals surface area contributed by atoms with Gasteiger partial charge in [0, 0.05) is 22.9 Å². The summed E-state index contributed by atoms with van der Waals surface area (Å²) in [5.74, 6) is 2.09. The highest BCUT2D eigenvalue weighted by Gasteiger charge is 2.64. The summed E-state index contributed by atoms with van der Waals surface area (Å²) in [6.45, 7) is 1.05. The lowest BCUT2D eigenvalue weighted by molar-refractivity contribution is -0.0453. The van der Waals surface area contributed by atoms with E-state index in [1.165, 1.54) is 11.1 Å². The summed E-state index contributed by atoms with van der Waals surface area (Å²) < 4.78 is 11.8. The van der Waals surface area contributed by atoms with Gasteiger partial charge in [0.25, 0.3) is 0 Å². The molecule has 4 nitrogen and oxygen atoms in total. The first-order valence-corrected chi connectivity index (χ1v) is 8.10. The molecule has 2 heterocycles. The highest BCUT2D eigenvalue weighted by molar-refractivity contribution is 5.85. The maximum atomic E-state index is 10.6. The number of halogens is 1. The van der Waals surface area contributed by atoms with Crippen LogP contribution in [0.1, 0.15) is 17.5 Å². The number of ether oxygens (including phenoxy) is 2. The van der Waals surface area contributed by atoms with Crippen LogP contribution >= 0.6 is 12.4 Å². The molecule has 1 aromatic rings. The predicted octanol–water partition coefficient (Wildman–Crippen LogP) is 1.92. The lowest BCUT2D eigenvalue weighted by atomic mass is 9.53. The fourth-order valence-electron chi connectivity index (χ4n) is 5.39. The molecule has 5 rings (SSSR count). The van der Waals surface area contributed by atoms with E-state index in [4.69, 9.17) is 9.47 Å². The molecular formula is C18H22ClNO3. The van der Waals surface area contributed by atoms with Crippen molar-refractivity contribution in [2.45, 2.75) is 36.5 Å². The molecule has 2 bridgehead atoms. The zero-order valence-corrected chi connectivity index (χ0v) is 14.2. The van der Waals surface area contributed by atoms with Crippen molar-refractivity contribution in [3.8, 4) is 11.5 Å². The summed E-state index contributed by atoms with van der Waals surface area (Å²) in [4.78, 5) is 2.47. The van der Waals surface area contributed by atoms with E-state index < -0.39 is 6.10 Å². The summed E-state index contributed by atoms with van der Waals surface area (Å²) in [7, 11) is 3.91. The first kappa shape index (κ1) is 15.3. The Balaban J connectivity index is 0.00000135. The Morgan fingerprint density at radius 2 is 2.17 bits per heavy atom. The third-order valence-electron chi connectivity index (χ3n) is 6.35. The standard InChI is InChI=1S/C18H21NO3.ClH/c1-19-8-7-18-11-4-5-13(20)17(18)22-16-14(21-2)6-3-10(15(16)18)9-12(11)19;/h3-6,11-13,17,20H,7-9H2,1-2H3;1H. The third-order valence-corrected chi connectivity index (χ3v) is 6.35. The Labute approximate surface area is 142 Å². The molecule has 2 aliphatic carbocycles. The molecule has 1 spiro atoms. The van der Waals surface area contributed by atoms with Crippen molar-refractivity contribution < 1.29 is 14.6 Å². The van der Waals surface area contributed by atoms with E-state index in [0.717, 1.165) is 30.9 Å². The fourth-order valence-corrected chi connectivity index (χ4v) is 5.39. The van der Waals surface area contributed by atoms with Crippen LogP contribution in [0.3, 0.4) is 0 Å². The van der Waals surface area contributed by atoms with Gasteiger partial charge in [-0.3, -0.25) is 0 Å². The first-order valence-electron chi connectivity index (χ1n) is 8.10. The molecule has 5 unspecified atom stereocenters. The molecule has 4 aliphatic rings. The van der Waals surface area contributed by atoms with Crippen LogP contribution in [0.5, 0.6) is 11.5 Å². The van der Waals surface area contributed by atoms with Gasteiger partial charge in [-0.2, -0.15) is 0 Å². The number of benzene rings is 1. The van der Waals surface area contributed by atoms with Crippen molar-refractivity contribution in [3.05, 3.63) is 35.4 Å². The summed E-state index contributed by atoms with van der Waals surface area (Å²) >= 11 is 0. The molecule has 124 valence electrons. The number of hydrogen-bond acceptors (Lipinski definition) is 4. The highest BCUT2D eigenvalue weighted by Crippen LogP contribution is 2.62. The van der Waals surface area contributed by atoms with Gasteiger partial charge in [-0.15, -0.1) is 12.4 Å². The number of hydrogen-bond donors (Lipinski definition) is 1. The molecule has 0 aromatic heterocycles. The van der Waals surface area contributed by atoms with Crippen LogP contribution in [0.25, 0.3) is 0 Å². The van der Waals surface area contributed by atoms with Crippen LogP contribution in [0.2, 0.25) is 0 Å². The van der Waals surface area contributed by atoms with E-state index >= 15 is 0 Å². The average molecular weight is 336 g/mol. The van der Waals surface area contributed by atoms with E-state index in [2.05, 4.69) is 24.1 Å². The molecular weight excluding hydrogens is 314 g/mol. The number of rotatable bonds is 1. The van der Waals surface area contributed by atoms with Gasteiger partial charge in [-0.05, 0) is 38.1 Å². The van der Waals surface area contributed by atoms with E-state index in [0.29, 0.717) is 12.0 Å². The number of piperidine rings is 1. The van der Waals surface area contributed by atoms with Gasteiger partial charge in [0.15, 0.2) is 11.5 Å². The monoisotopic (exact) mass is 335 g/mol. The Hall–Kier alpha value is -1.23. The fraction of sp³-hybridized carbons (Fsp3) is 0.556. The molecule has 1 saturated heterocycles. The van der Waals surface area contributed by atoms with Crippen LogP contribution in [0, 0.1) is 5.92 Å². The molecule has 0 radical (unpaired) electrons. The number of nitrogens with zero attached hydrogens (tertiary/aromatic N) is 1. The normalized spacial score (nSPS) is 39.3. The minimum Gasteiger partial charge on any atom is -0.493 e. The van der Waals surface area contributed by atoms with Gasteiger partial charge < -0.3 is 19.5 Å². The second-order valence-corrected chi connectivity index (χ2v) is 7.11. The van der Waals surface area contributed by atoms with Crippen LogP contribution in [0.4, 0.5) is 0 Å².